The molecular formula is C21H18O4. The van der Waals surface area contributed by atoms with Crippen molar-refractivity contribution in [1.82, 2.24) is 0 Å². The van der Waals surface area contributed by atoms with Gasteiger partial charge in [0.1, 0.15) is 17.1 Å². The van der Waals surface area contributed by atoms with Crippen molar-refractivity contribution in [3.8, 4) is 11.5 Å². The molecule has 0 radical (unpaired) electrons. The monoisotopic (exact) mass is 334 g/mol. The number of carbonyl (C=O) groups excluding carboxylic acids is 1. The van der Waals surface area contributed by atoms with Gasteiger partial charge >= 0.3 is 0 Å². The maximum absolute atomic E-state index is 11.7. The fourth-order valence-electron chi connectivity index (χ4n) is 2.95. The number of ether oxygens (including phenoxy) is 1. The third-order valence-electron chi connectivity index (χ3n) is 4.25. The molecule has 0 amide bonds. The average molecular weight is 334 g/mol. The molecule has 0 fully saturated rings. The lowest BCUT2D eigenvalue weighted by molar-refractivity contribution is 0.111. The second-order valence-corrected chi connectivity index (χ2v) is 5.67. The zero-order valence-electron chi connectivity index (χ0n) is 13.7. The second kappa shape index (κ2) is 6.79. The minimum absolute atomic E-state index is 0.0552. The Morgan fingerprint density at radius 2 is 1.44 bits per heavy atom. The molecule has 0 aliphatic rings. The van der Waals surface area contributed by atoms with E-state index in [-0.39, 0.29) is 16.9 Å². The number of carbonyl (C=O) groups is 1. The topological polar surface area (TPSA) is 66.8 Å². The Balaban J connectivity index is 2.36. The smallest absolute Gasteiger partial charge is 0.153 e. The van der Waals surface area contributed by atoms with Crippen LogP contribution in [0.25, 0.3) is 0 Å². The minimum atomic E-state index is -1.64. The molecule has 4 nitrogen and oxygen atoms in total. The number of aliphatic hydroxyl groups is 1. The zero-order chi connectivity index (χ0) is 17.9. The standard InChI is InChI=1S/C21H18O4/c1-25-18-12-15(14-22)20(23)19(13-18)21(24,16-8-4-2-5-9-16)17-10-6-3-7-11-17/h2-14,23-24H,1H3. The third-order valence-corrected chi connectivity index (χ3v) is 4.25. The number of methoxy groups -OCH3 is 1. The van der Waals surface area contributed by atoms with Crippen LogP contribution in [0, 0.1) is 0 Å². The predicted octanol–water partition coefficient (Wildman–Crippen LogP) is 3.50. The Labute approximate surface area is 146 Å². The summed E-state index contributed by atoms with van der Waals surface area (Å²) in [7, 11) is 1.47. The number of aromatic hydroxyl groups is 1. The van der Waals surface area contributed by atoms with Gasteiger partial charge in [0.2, 0.25) is 0 Å². The van der Waals surface area contributed by atoms with E-state index in [1.165, 1.54) is 13.2 Å². The van der Waals surface area contributed by atoms with Crippen LogP contribution in [0.1, 0.15) is 27.0 Å². The maximum atomic E-state index is 11.7. The Kier molecular flexibility index (Phi) is 4.55. The van der Waals surface area contributed by atoms with E-state index >= 15 is 0 Å². The lowest BCUT2D eigenvalue weighted by Gasteiger charge is -2.31. The van der Waals surface area contributed by atoms with Gasteiger partial charge in [-0.05, 0) is 23.3 Å². The summed E-state index contributed by atoms with van der Waals surface area (Å²) in [4.78, 5) is 11.4. The molecule has 0 heterocycles. The molecule has 0 aromatic heterocycles. The second-order valence-electron chi connectivity index (χ2n) is 5.67. The Hall–Kier alpha value is -3.11. The molecule has 4 heteroatoms. The van der Waals surface area contributed by atoms with Crippen molar-refractivity contribution < 1.29 is 19.7 Å². The fraction of sp³-hybridized carbons (Fsp3) is 0.0952. The summed E-state index contributed by atoms with van der Waals surface area (Å²) in [6.07, 6.45) is 0.539. The van der Waals surface area contributed by atoms with Gasteiger partial charge in [0.15, 0.2) is 6.29 Å². The first kappa shape index (κ1) is 16.7. The largest absolute Gasteiger partial charge is 0.507 e. The van der Waals surface area contributed by atoms with Gasteiger partial charge in [0.25, 0.3) is 0 Å². The van der Waals surface area contributed by atoms with Gasteiger partial charge in [-0.15, -0.1) is 0 Å². The van der Waals surface area contributed by atoms with Crippen LogP contribution < -0.4 is 4.74 Å². The summed E-state index contributed by atoms with van der Waals surface area (Å²) in [6, 6.07) is 21.0. The molecule has 0 atom stereocenters. The van der Waals surface area contributed by atoms with E-state index in [4.69, 9.17) is 4.74 Å². The number of hydrogen-bond donors (Lipinski definition) is 2. The highest BCUT2D eigenvalue weighted by Gasteiger charge is 2.37. The number of hydrogen-bond acceptors (Lipinski definition) is 4. The van der Waals surface area contributed by atoms with E-state index in [1.54, 1.807) is 54.6 Å². The van der Waals surface area contributed by atoms with Crippen molar-refractivity contribution in [2.75, 3.05) is 7.11 Å². The summed E-state index contributed by atoms with van der Waals surface area (Å²) in [6.45, 7) is 0. The average Bonchev–Trinajstić information content (AvgIpc) is 2.69. The Bertz CT molecular complexity index is 834. The van der Waals surface area contributed by atoms with Crippen molar-refractivity contribution >= 4 is 6.29 Å². The van der Waals surface area contributed by atoms with Gasteiger partial charge in [-0.1, -0.05) is 60.7 Å². The van der Waals surface area contributed by atoms with E-state index in [9.17, 15) is 15.0 Å². The van der Waals surface area contributed by atoms with Crippen molar-refractivity contribution in [2.45, 2.75) is 5.60 Å². The first-order valence-electron chi connectivity index (χ1n) is 7.81. The molecule has 0 unspecified atom stereocenters. The minimum Gasteiger partial charge on any atom is -0.507 e. The van der Waals surface area contributed by atoms with Gasteiger partial charge in [0, 0.05) is 5.56 Å². The lowest BCUT2D eigenvalue weighted by Crippen LogP contribution is -2.29. The van der Waals surface area contributed by atoms with Crippen LogP contribution in [0.2, 0.25) is 0 Å². The molecule has 2 N–H and O–H groups in total. The molecule has 0 saturated carbocycles. The van der Waals surface area contributed by atoms with Crippen LogP contribution in [0.5, 0.6) is 11.5 Å². The number of phenols is 1. The summed E-state index contributed by atoms with van der Waals surface area (Å²) in [5.74, 6) is 0.103. The van der Waals surface area contributed by atoms with E-state index in [2.05, 4.69) is 0 Å². The van der Waals surface area contributed by atoms with E-state index in [1.807, 2.05) is 12.1 Å². The third kappa shape index (κ3) is 2.88. The van der Waals surface area contributed by atoms with E-state index in [0.717, 1.165) is 0 Å². The fourth-order valence-corrected chi connectivity index (χ4v) is 2.95. The molecule has 0 aliphatic carbocycles. The molecule has 3 rings (SSSR count). The first-order valence-corrected chi connectivity index (χ1v) is 7.81. The predicted molar refractivity (Wildman–Crippen MR) is 95.0 cm³/mol. The Morgan fingerprint density at radius 3 is 1.88 bits per heavy atom. The van der Waals surface area contributed by atoms with Crippen LogP contribution in [0.15, 0.2) is 72.8 Å². The quantitative estimate of drug-likeness (QED) is 0.554. The van der Waals surface area contributed by atoms with Crippen LogP contribution >= 0.6 is 0 Å². The molecular weight excluding hydrogens is 316 g/mol. The van der Waals surface area contributed by atoms with Crippen LogP contribution in [-0.2, 0) is 5.60 Å². The maximum Gasteiger partial charge on any atom is 0.153 e. The summed E-state index contributed by atoms with van der Waals surface area (Å²) in [5, 5.41) is 22.3. The summed E-state index contributed by atoms with van der Waals surface area (Å²) >= 11 is 0. The highest BCUT2D eigenvalue weighted by molar-refractivity contribution is 5.82. The van der Waals surface area contributed by atoms with E-state index in [0.29, 0.717) is 23.2 Å². The number of rotatable bonds is 5. The molecule has 0 saturated heterocycles. The van der Waals surface area contributed by atoms with Gasteiger partial charge in [-0.25, -0.2) is 0 Å². The zero-order valence-corrected chi connectivity index (χ0v) is 13.7. The van der Waals surface area contributed by atoms with Crippen LogP contribution in [0.4, 0.5) is 0 Å². The van der Waals surface area contributed by atoms with Gasteiger partial charge in [0.05, 0.1) is 12.7 Å². The van der Waals surface area contributed by atoms with Crippen LogP contribution in [-0.4, -0.2) is 23.6 Å². The Morgan fingerprint density at radius 1 is 0.920 bits per heavy atom. The SMILES string of the molecule is COc1cc(C=O)c(O)c(C(O)(c2ccccc2)c2ccccc2)c1. The molecule has 0 bridgehead atoms. The van der Waals surface area contributed by atoms with Crippen molar-refractivity contribution in [3.05, 3.63) is 95.1 Å². The van der Waals surface area contributed by atoms with Gasteiger partial charge in [-0.3, -0.25) is 4.79 Å². The van der Waals surface area contributed by atoms with Crippen molar-refractivity contribution in [1.29, 1.82) is 0 Å². The molecule has 3 aromatic rings. The molecule has 0 aliphatic heterocycles. The highest BCUT2D eigenvalue weighted by atomic mass is 16.5. The normalized spacial score (nSPS) is 11.1. The number of aldehydes is 1. The lowest BCUT2D eigenvalue weighted by atomic mass is 9.79. The van der Waals surface area contributed by atoms with Crippen molar-refractivity contribution in [2.24, 2.45) is 0 Å². The first-order chi connectivity index (χ1) is 12.1. The van der Waals surface area contributed by atoms with E-state index < -0.39 is 5.60 Å². The number of phenolic OH excluding ortho intramolecular Hbond substituents is 1. The summed E-state index contributed by atoms with van der Waals surface area (Å²) in [5.41, 5.74) is -0.256. The van der Waals surface area contributed by atoms with Gasteiger partial charge < -0.3 is 14.9 Å². The number of benzene rings is 3. The molecule has 25 heavy (non-hydrogen) atoms. The molecule has 3 aromatic carbocycles. The highest BCUT2D eigenvalue weighted by Crippen LogP contribution is 2.43. The van der Waals surface area contributed by atoms with Gasteiger partial charge in [-0.2, -0.15) is 0 Å². The van der Waals surface area contributed by atoms with Crippen LogP contribution in [0.3, 0.4) is 0 Å². The molecule has 0 spiro atoms. The molecule has 126 valence electrons. The summed E-state index contributed by atoms with van der Waals surface area (Å²) < 4.78 is 5.24. The van der Waals surface area contributed by atoms with Crippen molar-refractivity contribution in [3.63, 3.8) is 0 Å².